The van der Waals surface area contributed by atoms with Crippen LogP contribution in [0.2, 0.25) is 0 Å². The van der Waals surface area contributed by atoms with Crippen LogP contribution in [0, 0.1) is 5.82 Å². The van der Waals surface area contributed by atoms with E-state index in [-0.39, 0.29) is 11.7 Å². The van der Waals surface area contributed by atoms with Gasteiger partial charge in [-0.15, -0.1) is 0 Å². The fourth-order valence-electron chi connectivity index (χ4n) is 3.01. The van der Waals surface area contributed by atoms with Crippen molar-refractivity contribution in [1.29, 1.82) is 0 Å². The molecule has 5 nitrogen and oxygen atoms in total. The largest absolute Gasteiger partial charge is 0.451 e. The topological polar surface area (TPSA) is 78.1 Å². The van der Waals surface area contributed by atoms with Crippen molar-refractivity contribution in [2.24, 2.45) is 5.73 Å². The van der Waals surface area contributed by atoms with Crippen LogP contribution in [0.3, 0.4) is 0 Å². The molecule has 4 rings (SSSR count). The highest BCUT2D eigenvalue weighted by atomic mass is 19.1. The summed E-state index contributed by atoms with van der Waals surface area (Å²) >= 11 is 0. The molecule has 1 fully saturated rings. The molecule has 1 aliphatic carbocycles. The highest BCUT2D eigenvalue weighted by Gasteiger charge is 2.36. The Bertz CT molecular complexity index is 834. The third-order valence-corrected chi connectivity index (χ3v) is 4.32. The minimum atomic E-state index is -0.511. The highest BCUT2D eigenvalue weighted by Crippen LogP contribution is 2.36. The number of rotatable bonds is 3. The summed E-state index contributed by atoms with van der Waals surface area (Å²) in [5, 5.41) is 4.00. The standard InChI is InChI=1S/C17H16FN3O2/c18-12-6-2-1-5-11(12)13-7-8-14(22-13)15-20-16(21-23-15)17(19)9-3-4-10-17/h1-2,5-8H,3-4,9-10,19H2. The van der Waals surface area contributed by atoms with Crippen molar-refractivity contribution in [3.63, 3.8) is 0 Å². The summed E-state index contributed by atoms with van der Waals surface area (Å²) in [5.74, 6) is 1.25. The molecule has 0 radical (unpaired) electrons. The van der Waals surface area contributed by atoms with Gasteiger partial charge in [-0.1, -0.05) is 30.1 Å². The molecule has 1 aliphatic rings. The van der Waals surface area contributed by atoms with E-state index < -0.39 is 5.54 Å². The number of hydrogen-bond donors (Lipinski definition) is 1. The zero-order chi connectivity index (χ0) is 15.9. The van der Waals surface area contributed by atoms with E-state index in [0.29, 0.717) is 22.9 Å². The molecule has 0 bridgehead atoms. The average Bonchev–Trinajstić information content (AvgIpc) is 3.27. The summed E-state index contributed by atoms with van der Waals surface area (Å²) < 4.78 is 24.8. The molecule has 1 aromatic carbocycles. The highest BCUT2D eigenvalue weighted by molar-refractivity contribution is 5.61. The SMILES string of the molecule is NC1(c2noc(-c3ccc(-c4ccccc4F)o3)n2)CCCC1. The first-order valence-corrected chi connectivity index (χ1v) is 7.64. The van der Waals surface area contributed by atoms with E-state index in [0.717, 1.165) is 25.7 Å². The Morgan fingerprint density at radius 2 is 1.78 bits per heavy atom. The number of aromatic nitrogens is 2. The summed E-state index contributed by atoms with van der Waals surface area (Å²) in [7, 11) is 0. The summed E-state index contributed by atoms with van der Waals surface area (Å²) in [6, 6.07) is 9.81. The van der Waals surface area contributed by atoms with Gasteiger partial charge in [0.1, 0.15) is 11.6 Å². The normalized spacial score (nSPS) is 16.8. The summed E-state index contributed by atoms with van der Waals surface area (Å²) in [6.45, 7) is 0. The summed E-state index contributed by atoms with van der Waals surface area (Å²) in [5.41, 5.74) is 6.20. The minimum absolute atomic E-state index is 0.263. The number of benzene rings is 1. The second-order valence-electron chi connectivity index (χ2n) is 5.93. The summed E-state index contributed by atoms with van der Waals surface area (Å²) in [4.78, 5) is 4.37. The van der Waals surface area contributed by atoms with Crippen molar-refractivity contribution >= 4 is 0 Å². The first-order valence-electron chi connectivity index (χ1n) is 7.64. The second kappa shape index (κ2) is 5.31. The predicted molar refractivity (Wildman–Crippen MR) is 81.7 cm³/mol. The van der Waals surface area contributed by atoms with Gasteiger partial charge in [0.25, 0.3) is 5.89 Å². The maximum Gasteiger partial charge on any atom is 0.293 e. The van der Waals surface area contributed by atoms with Gasteiger partial charge in [-0.2, -0.15) is 4.98 Å². The molecule has 0 amide bonds. The molecule has 2 N–H and O–H groups in total. The van der Waals surface area contributed by atoms with Crippen LogP contribution >= 0.6 is 0 Å². The molecule has 0 atom stereocenters. The fraction of sp³-hybridized carbons (Fsp3) is 0.294. The van der Waals surface area contributed by atoms with Crippen molar-refractivity contribution in [1.82, 2.24) is 10.1 Å². The third-order valence-electron chi connectivity index (χ3n) is 4.32. The number of nitrogens with two attached hydrogens (primary N) is 1. The first kappa shape index (κ1) is 14.1. The Balaban J connectivity index is 1.65. The van der Waals surface area contributed by atoms with Crippen molar-refractivity contribution in [3.05, 3.63) is 48.0 Å². The van der Waals surface area contributed by atoms with E-state index in [9.17, 15) is 4.39 Å². The zero-order valence-electron chi connectivity index (χ0n) is 12.5. The van der Waals surface area contributed by atoms with Gasteiger partial charge in [-0.3, -0.25) is 0 Å². The van der Waals surface area contributed by atoms with Crippen LogP contribution in [0.1, 0.15) is 31.5 Å². The summed E-state index contributed by atoms with van der Waals surface area (Å²) in [6.07, 6.45) is 3.84. The number of nitrogens with zero attached hydrogens (tertiary/aromatic N) is 2. The number of furan rings is 1. The first-order chi connectivity index (χ1) is 11.2. The Hall–Kier alpha value is -2.47. The predicted octanol–water partition coefficient (Wildman–Crippen LogP) is 3.86. The van der Waals surface area contributed by atoms with Gasteiger partial charge >= 0.3 is 0 Å². The lowest BCUT2D eigenvalue weighted by Crippen LogP contribution is -2.34. The molecule has 23 heavy (non-hydrogen) atoms. The van der Waals surface area contributed by atoms with Gasteiger partial charge in [0.05, 0.1) is 11.1 Å². The number of hydrogen-bond acceptors (Lipinski definition) is 5. The van der Waals surface area contributed by atoms with Crippen LogP contribution in [-0.4, -0.2) is 10.1 Å². The van der Waals surface area contributed by atoms with E-state index in [1.807, 2.05) is 0 Å². The lowest BCUT2D eigenvalue weighted by atomic mass is 9.99. The molecule has 6 heteroatoms. The van der Waals surface area contributed by atoms with E-state index >= 15 is 0 Å². The van der Waals surface area contributed by atoms with Crippen molar-refractivity contribution in [2.75, 3.05) is 0 Å². The quantitative estimate of drug-likeness (QED) is 0.794. The molecule has 0 spiro atoms. The molecule has 2 aromatic heterocycles. The van der Waals surface area contributed by atoms with Gasteiger partial charge in [0, 0.05) is 0 Å². The second-order valence-corrected chi connectivity index (χ2v) is 5.93. The Kier molecular flexibility index (Phi) is 3.27. The Labute approximate surface area is 132 Å². The van der Waals surface area contributed by atoms with Crippen LogP contribution in [0.15, 0.2) is 45.3 Å². The molecule has 0 aliphatic heterocycles. The smallest absolute Gasteiger partial charge is 0.293 e. The van der Waals surface area contributed by atoms with Crippen LogP contribution in [0.25, 0.3) is 23.0 Å². The molecule has 3 aromatic rings. The van der Waals surface area contributed by atoms with Gasteiger partial charge in [0.15, 0.2) is 11.6 Å². The van der Waals surface area contributed by atoms with Crippen molar-refractivity contribution in [3.8, 4) is 23.0 Å². The molecule has 0 unspecified atom stereocenters. The van der Waals surface area contributed by atoms with Crippen LogP contribution in [0.5, 0.6) is 0 Å². The maximum absolute atomic E-state index is 13.8. The lowest BCUT2D eigenvalue weighted by Gasteiger charge is -2.17. The average molecular weight is 313 g/mol. The van der Waals surface area contributed by atoms with Gasteiger partial charge in [-0.25, -0.2) is 4.39 Å². The zero-order valence-corrected chi connectivity index (χ0v) is 12.5. The lowest BCUT2D eigenvalue weighted by molar-refractivity contribution is 0.368. The van der Waals surface area contributed by atoms with Gasteiger partial charge in [-0.05, 0) is 37.1 Å². The monoisotopic (exact) mass is 313 g/mol. The fourth-order valence-corrected chi connectivity index (χ4v) is 3.01. The molecule has 2 heterocycles. The molecule has 1 saturated carbocycles. The van der Waals surface area contributed by atoms with E-state index in [1.165, 1.54) is 6.07 Å². The Morgan fingerprint density at radius 3 is 2.57 bits per heavy atom. The van der Waals surface area contributed by atoms with E-state index in [1.54, 1.807) is 30.3 Å². The van der Waals surface area contributed by atoms with Crippen molar-refractivity contribution < 1.29 is 13.3 Å². The third kappa shape index (κ3) is 2.45. The molecule has 118 valence electrons. The van der Waals surface area contributed by atoms with E-state index in [2.05, 4.69) is 10.1 Å². The van der Waals surface area contributed by atoms with Gasteiger partial charge < -0.3 is 14.7 Å². The molecular formula is C17H16FN3O2. The maximum atomic E-state index is 13.8. The van der Waals surface area contributed by atoms with Crippen LogP contribution < -0.4 is 5.73 Å². The van der Waals surface area contributed by atoms with E-state index in [4.69, 9.17) is 14.7 Å². The molecule has 0 saturated heterocycles. The minimum Gasteiger partial charge on any atom is -0.451 e. The Morgan fingerprint density at radius 1 is 1.04 bits per heavy atom. The number of halogens is 1. The van der Waals surface area contributed by atoms with Crippen molar-refractivity contribution in [2.45, 2.75) is 31.2 Å². The van der Waals surface area contributed by atoms with Crippen LogP contribution in [-0.2, 0) is 5.54 Å². The van der Waals surface area contributed by atoms with Gasteiger partial charge in [0.2, 0.25) is 0 Å². The molecular weight excluding hydrogens is 297 g/mol. The van der Waals surface area contributed by atoms with Crippen LogP contribution in [0.4, 0.5) is 4.39 Å².